The topological polar surface area (TPSA) is 9.72 Å². The zero-order chi connectivity index (χ0) is 82.1. The maximum absolute atomic E-state index is 4.09. The quantitative estimate of drug-likeness (QED) is 0.170. The van der Waals surface area contributed by atoms with Crippen molar-refractivity contribution in [1.29, 1.82) is 0 Å². The summed E-state index contributed by atoms with van der Waals surface area (Å²) >= 11 is 0. The van der Waals surface area contributed by atoms with Crippen molar-refractivity contribution >= 4 is 6.71 Å². The summed E-state index contributed by atoms with van der Waals surface area (Å²) in [7, 11) is 0. The van der Waals surface area contributed by atoms with Gasteiger partial charge in [0.2, 0.25) is 0 Å². The Balaban J connectivity index is 0.791. The minimum Gasteiger partial charge on any atom is -0.295 e. The maximum atomic E-state index is 4.09. The minimum absolute atomic E-state index is 0.379. The Morgan fingerprint density at radius 3 is 0.925 bits per heavy atom. The molecule has 18 saturated carbocycles. The van der Waals surface area contributed by atoms with Crippen LogP contribution in [0.2, 0.25) is 17.5 Å². The number of fused-ring (bicyclic) bond motifs is 4. The molecule has 20 aliphatic rings. The molecule has 0 N–H and O–H groups in total. The van der Waals surface area contributed by atoms with Crippen LogP contribution in [-0.2, 0) is 0 Å². The number of hydrogen-bond acceptors (Lipinski definition) is 3. The van der Waals surface area contributed by atoms with Gasteiger partial charge in [0.1, 0.15) is 0 Å². The molecule has 120 heavy (non-hydrogen) atoms. The van der Waals surface area contributed by atoms with E-state index in [2.05, 4.69) is 97.8 Å². The van der Waals surface area contributed by atoms with E-state index in [0.29, 0.717) is 21.7 Å². The van der Waals surface area contributed by atoms with E-state index in [9.17, 15) is 0 Å². The number of rotatable bonds is 13. The van der Waals surface area contributed by atoms with Crippen molar-refractivity contribution in [2.45, 2.75) is 553 Å². The maximum Gasteiger partial charge on any atom is 0.156 e. The van der Waals surface area contributed by atoms with E-state index < -0.39 is 0 Å². The van der Waals surface area contributed by atoms with Gasteiger partial charge in [-0.2, -0.15) is 0 Å². The summed E-state index contributed by atoms with van der Waals surface area (Å²) in [5.41, 5.74) is 1.61. The molecule has 0 bridgehead atoms. The molecule has 0 aromatic heterocycles. The Hall–Kier alpha value is -0.0551. The van der Waals surface area contributed by atoms with Crippen LogP contribution in [0.4, 0.5) is 0 Å². The molecular formula is C116H198BN3. The highest BCUT2D eigenvalue weighted by molar-refractivity contribution is 6.65. The van der Waals surface area contributed by atoms with E-state index >= 15 is 0 Å². The van der Waals surface area contributed by atoms with Gasteiger partial charge in [-0.3, -0.25) is 14.7 Å². The lowest BCUT2D eigenvalue weighted by Gasteiger charge is -2.73. The fourth-order valence-corrected chi connectivity index (χ4v) is 40.7. The van der Waals surface area contributed by atoms with Crippen LogP contribution in [0.15, 0.2) is 0 Å². The van der Waals surface area contributed by atoms with Gasteiger partial charge < -0.3 is 0 Å². The van der Waals surface area contributed by atoms with Crippen LogP contribution in [0, 0.1) is 176 Å². The van der Waals surface area contributed by atoms with Gasteiger partial charge in [0.05, 0.1) is 0 Å². The molecule has 3 nitrogen and oxygen atoms in total. The molecule has 4 heteroatoms. The fourth-order valence-electron chi connectivity index (χ4n) is 40.7. The molecule has 18 aliphatic carbocycles. The van der Waals surface area contributed by atoms with Crippen molar-refractivity contribution < 1.29 is 0 Å². The molecule has 20 fully saturated rings. The number of hydrogen-bond donors (Lipinski definition) is 0. The normalized spacial score (nSPS) is 46.8. The average molecular weight is 1650 g/mol. The van der Waals surface area contributed by atoms with Crippen LogP contribution in [0.25, 0.3) is 0 Å². The van der Waals surface area contributed by atoms with Gasteiger partial charge >= 0.3 is 0 Å². The zero-order valence-corrected chi connectivity index (χ0v) is 81.7. The predicted molar refractivity (Wildman–Crippen MR) is 511 cm³/mol. The Morgan fingerprint density at radius 2 is 0.517 bits per heavy atom. The smallest absolute Gasteiger partial charge is 0.156 e. The highest BCUT2D eigenvalue weighted by Gasteiger charge is 2.71. The van der Waals surface area contributed by atoms with Crippen molar-refractivity contribution in [2.75, 3.05) is 0 Å². The minimum atomic E-state index is 0.379. The summed E-state index contributed by atoms with van der Waals surface area (Å²) in [5, 5.41) is 0. The summed E-state index contributed by atoms with van der Waals surface area (Å²) in [4.78, 5) is 12.0. The molecule has 2 saturated heterocycles. The third-order valence-electron chi connectivity index (χ3n) is 46.5. The van der Waals surface area contributed by atoms with E-state index in [1.165, 1.54) is 122 Å². The van der Waals surface area contributed by atoms with Crippen molar-refractivity contribution in [3.8, 4) is 0 Å². The summed E-state index contributed by atoms with van der Waals surface area (Å²) in [6.07, 6.45) is 97.3. The first-order chi connectivity index (χ1) is 58.0. The van der Waals surface area contributed by atoms with E-state index in [1.807, 2.05) is 0 Å². The second kappa shape index (κ2) is 36.8. The first kappa shape index (κ1) is 87.9. The second-order valence-electron chi connectivity index (χ2n) is 55.6. The van der Waals surface area contributed by atoms with Gasteiger partial charge in [0.25, 0.3) is 0 Å². The third-order valence-corrected chi connectivity index (χ3v) is 46.5. The molecule has 680 valence electrons. The van der Waals surface area contributed by atoms with Crippen molar-refractivity contribution in [2.24, 2.45) is 176 Å². The standard InChI is InChI=1S/C116H198BN3/c1-113(2,3)89-62-86-48-49-87-63-90(114(4,5)6)72-101-96(65-88(64-89)108(86)109(87)101)85-55-61-104-103(66-85)117-102-60-54-84(77-38-24-15-25-39-77)67-105(102)120(112-99(82-44-30-18-31-45-82)70-92(116(10,11)12)71-100(112)83-46-32-19-33-47-83)107-74-95(118(93-56-50-78(51-57-93)75-34-20-13-21-35-75)94-58-52-79(53-59-94)76-36-22-14-23-37-76)73-106(110(107)117)119(104)111-97(80-40-26-16-27-41-80)68-91(115(7,8)9)69-98(111)81-42-28-17-29-43-81/h75-112H,13-74H2,1-12H3. The first-order valence-electron chi connectivity index (χ1n) is 57.4. The van der Waals surface area contributed by atoms with Crippen molar-refractivity contribution in [3.05, 3.63) is 0 Å². The van der Waals surface area contributed by atoms with Gasteiger partial charge in [0, 0.05) is 54.4 Å². The van der Waals surface area contributed by atoms with E-state index in [1.54, 1.807) is 276 Å². The Kier molecular flexibility index (Phi) is 27.0. The van der Waals surface area contributed by atoms with E-state index in [-0.39, 0.29) is 0 Å². The van der Waals surface area contributed by atoms with Gasteiger partial charge in [0.15, 0.2) is 6.71 Å². The van der Waals surface area contributed by atoms with Gasteiger partial charge in [-0.1, -0.05) is 327 Å². The monoisotopic (exact) mass is 1640 g/mol. The lowest BCUT2D eigenvalue weighted by molar-refractivity contribution is -0.159. The summed E-state index contributed by atoms with van der Waals surface area (Å²) in [6.45, 7) is 34.1. The van der Waals surface area contributed by atoms with E-state index in [0.717, 1.165) is 232 Å². The number of nitrogens with zero attached hydrogens (tertiary/aromatic N) is 3. The van der Waals surface area contributed by atoms with Crippen LogP contribution >= 0.6 is 0 Å². The summed E-state index contributed by atoms with van der Waals surface area (Å²) < 4.78 is 0. The average Bonchev–Trinajstić information content (AvgIpc) is 0.686. The predicted octanol–water partition coefficient (Wildman–Crippen LogP) is 32.5. The van der Waals surface area contributed by atoms with E-state index in [4.69, 9.17) is 0 Å². The molecule has 2 heterocycles. The molecule has 20 rings (SSSR count). The highest BCUT2D eigenvalue weighted by atomic mass is 15.3. The zero-order valence-electron chi connectivity index (χ0n) is 81.7. The molecule has 0 aromatic rings. The first-order valence-corrected chi connectivity index (χ1v) is 57.4. The molecule has 0 aromatic carbocycles. The van der Waals surface area contributed by atoms with Crippen LogP contribution in [0.1, 0.15) is 481 Å². The third kappa shape index (κ3) is 17.6. The fraction of sp³-hybridized carbons (Fsp3) is 1.00. The van der Waals surface area contributed by atoms with Crippen LogP contribution in [0.5, 0.6) is 0 Å². The van der Waals surface area contributed by atoms with Crippen LogP contribution < -0.4 is 0 Å². The highest BCUT2D eigenvalue weighted by Crippen LogP contribution is 2.72. The van der Waals surface area contributed by atoms with Gasteiger partial charge in [-0.05, 0) is 347 Å². The Labute approximate surface area is 745 Å². The van der Waals surface area contributed by atoms with Crippen molar-refractivity contribution in [3.63, 3.8) is 0 Å². The molecular weight excluding hydrogens is 1450 g/mol. The van der Waals surface area contributed by atoms with Gasteiger partial charge in [-0.15, -0.1) is 0 Å². The summed E-state index contributed by atoms with van der Waals surface area (Å²) in [6, 6.07) is 7.22. The summed E-state index contributed by atoms with van der Waals surface area (Å²) in [5.74, 6) is 27.8. The lowest BCUT2D eigenvalue weighted by atomic mass is 9.18. The molecule has 0 spiro atoms. The van der Waals surface area contributed by atoms with Crippen LogP contribution in [-0.4, -0.2) is 75.8 Å². The SMILES string of the molecule is CC(C)(C)C1CC2CCC3CC(C(C)(C)C)CC4C(C5CCC6C(C5)B5C7CCC(C8CCCCC8)CC7N(C7C(C8CCCCC8)CC(C(C)(C)C)CC7C7CCCCC7)C7CC(N(C8CCC(C9CCCCC9)CC8)C8CCC(C9CCCCC9)CC8)CC(C57)N6C5C(C6CCCCC6)CC(C(C)(C)C)CC5C5CCCCC5)CC(C1)C2C34. The second-order valence-corrected chi connectivity index (χ2v) is 55.6. The largest absolute Gasteiger partial charge is 0.295 e. The Morgan fingerprint density at radius 1 is 0.200 bits per heavy atom. The van der Waals surface area contributed by atoms with Crippen LogP contribution in [0.3, 0.4) is 0 Å². The molecule has 2 aliphatic heterocycles. The molecule has 23 unspecified atom stereocenters. The molecule has 23 atom stereocenters. The lowest BCUT2D eigenvalue weighted by Crippen LogP contribution is -2.78. The van der Waals surface area contributed by atoms with Gasteiger partial charge in [-0.25, -0.2) is 0 Å². The molecule has 0 radical (unpaired) electrons. The van der Waals surface area contributed by atoms with Crippen molar-refractivity contribution in [1.82, 2.24) is 14.7 Å². The molecule has 0 amide bonds. The Bertz CT molecular complexity index is 3120.